The van der Waals surface area contributed by atoms with Crippen LogP contribution in [-0.2, 0) is 0 Å². The lowest BCUT2D eigenvalue weighted by Gasteiger charge is -2.19. The van der Waals surface area contributed by atoms with Crippen molar-refractivity contribution in [1.29, 1.82) is 0 Å². The fourth-order valence-corrected chi connectivity index (χ4v) is 3.03. The third-order valence-electron chi connectivity index (χ3n) is 4.14. The van der Waals surface area contributed by atoms with E-state index >= 15 is 0 Å². The SMILES string of the molecule is O=C(Nc1ccc(Cl)cn1)c1nc2ccccc2nc1N1CCCC1. The number of anilines is 2. The summed E-state index contributed by atoms with van der Waals surface area (Å²) in [6, 6.07) is 10.9. The Labute approximate surface area is 149 Å². The second-order valence-electron chi connectivity index (χ2n) is 5.89. The lowest BCUT2D eigenvalue weighted by Crippen LogP contribution is -2.25. The molecule has 0 saturated carbocycles. The minimum absolute atomic E-state index is 0.317. The Kier molecular flexibility index (Phi) is 4.19. The van der Waals surface area contributed by atoms with Crippen molar-refractivity contribution in [3.63, 3.8) is 0 Å². The number of hydrogen-bond acceptors (Lipinski definition) is 5. The molecule has 0 radical (unpaired) electrons. The molecular weight excluding hydrogens is 338 g/mol. The molecule has 0 unspecified atom stereocenters. The highest BCUT2D eigenvalue weighted by atomic mass is 35.5. The number of hydrogen-bond donors (Lipinski definition) is 1. The molecular formula is C18H16ClN5O. The summed E-state index contributed by atoms with van der Waals surface area (Å²) in [5.41, 5.74) is 1.79. The zero-order valence-corrected chi connectivity index (χ0v) is 14.2. The van der Waals surface area contributed by atoms with E-state index in [2.05, 4.69) is 20.2 Å². The number of pyridine rings is 1. The Balaban J connectivity index is 1.74. The van der Waals surface area contributed by atoms with E-state index in [0.29, 0.717) is 27.9 Å². The molecule has 126 valence electrons. The molecule has 1 aliphatic heterocycles. The van der Waals surface area contributed by atoms with E-state index in [1.807, 2.05) is 24.3 Å². The molecule has 1 N–H and O–H groups in total. The second-order valence-corrected chi connectivity index (χ2v) is 6.33. The predicted molar refractivity (Wildman–Crippen MR) is 98.2 cm³/mol. The Morgan fingerprint density at radius 1 is 1.04 bits per heavy atom. The van der Waals surface area contributed by atoms with Crippen molar-refractivity contribution >= 4 is 40.2 Å². The van der Waals surface area contributed by atoms with E-state index in [0.717, 1.165) is 31.4 Å². The van der Waals surface area contributed by atoms with E-state index in [-0.39, 0.29) is 5.91 Å². The van der Waals surface area contributed by atoms with Gasteiger partial charge in [0.25, 0.3) is 5.91 Å². The molecule has 25 heavy (non-hydrogen) atoms. The lowest BCUT2D eigenvalue weighted by molar-refractivity contribution is 0.102. The highest BCUT2D eigenvalue weighted by Crippen LogP contribution is 2.25. The van der Waals surface area contributed by atoms with Crippen LogP contribution in [0.3, 0.4) is 0 Å². The van der Waals surface area contributed by atoms with Gasteiger partial charge in [-0.25, -0.2) is 15.0 Å². The summed E-state index contributed by atoms with van der Waals surface area (Å²) in [5, 5.41) is 3.29. The molecule has 0 spiro atoms. The Hall–Kier alpha value is -2.73. The van der Waals surface area contributed by atoms with Gasteiger partial charge in [0, 0.05) is 19.3 Å². The molecule has 0 atom stereocenters. The molecule has 1 aromatic carbocycles. The number of carbonyl (C=O) groups excluding carboxylic acids is 1. The van der Waals surface area contributed by atoms with Crippen molar-refractivity contribution in [3.05, 3.63) is 53.3 Å². The maximum Gasteiger partial charge on any atom is 0.279 e. The van der Waals surface area contributed by atoms with Gasteiger partial charge in [-0.3, -0.25) is 4.79 Å². The van der Waals surface area contributed by atoms with Crippen molar-refractivity contribution in [2.45, 2.75) is 12.8 Å². The maximum atomic E-state index is 12.8. The van der Waals surface area contributed by atoms with E-state index in [4.69, 9.17) is 16.6 Å². The second kappa shape index (κ2) is 6.64. The minimum atomic E-state index is -0.324. The largest absolute Gasteiger partial charge is 0.355 e. The Morgan fingerprint density at radius 3 is 2.44 bits per heavy atom. The van der Waals surface area contributed by atoms with E-state index < -0.39 is 0 Å². The molecule has 3 heterocycles. The first-order chi connectivity index (χ1) is 12.2. The van der Waals surface area contributed by atoms with Crippen LogP contribution >= 0.6 is 11.6 Å². The van der Waals surface area contributed by atoms with Crippen molar-refractivity contribution < 1.29 is 4.79 Å². The van der Waals surface area contributed by atoms with Gasteiger partial charge in [-0.05, 0) is 37.1 Å². The van der Waals surface area contributed by atoms with Crippen LogP contribution in [0.5, 0.6) is 0 Å². The molecule has 3 aromatic rings. The first-order valence-corrected chi connectivity index (χ1v) is 8.53. The zero-order valence-electron chi connectivity index (χ0n) is 13.4. The third-order valence-corrected chi connectivity index (χ3v) is 4.37. The van der Waals surface area contributed by atoms with E-state index in [1.54, 1.807) is 12.1 Å². The lowest BCUT2D eigenvalue weighted by atomic mass is 10.2. The van der Waals surface area contributed by atoms with Crippen LogP contribution in [-0.4, -0.2) is 33.9 Å². The molecule has 6 nitrogen and oxygen atoms in total. The number of fused-ring (bicyclic) bond motifs is 1. The van der Waals surface area contributed by atoms with Crippen molar-refractivity contribution in [3.8, 4) is 0 Å². The molecule has 0 aliphatic carbocycles. The molecule has 1 fully saturated rings. The number of aromatic nitrogens is 3. The number of para-hydroxylation sites is 2. The van der Waals surface area contributed by atoms with Gasteiger partial charge >= 0.3 is 0 Å². The normalized spacial score (nSPS) is 14.0. The average Bonchev–Trinajstić information content (AvgIpc) is 3.17. The predicted octanol–water partition coefficient (Wildman–Crippen LogP) is 3.53. The van der Waals surface area contributed by atoms with Crippen molar-refractivity contribution in [2.75, 3.05) is 23.3 Å². The fraction of sp³-hybridized carbons (Fsp3) is 0.222. The van der Waals surface area contributed by atoms with Gasteiger partial charge in [-0.15, -0.1) is 0 Å². The van der Waals surface area contributed by atoms with Gasteiger partial charge in [0.1, 0.15) is 5.82 Å². The van der Waals surface area contributed by atoms with E-state index in [1.165, 1.54) is 6.20 Å². The molecule has 2 aromatic heterocycles. The highest BCUT2D eigenvalue weighted by Gasteiger charge is 2.23. The smallest absolute Gasteiger partial charge is 0.279 e. The highest BCUT2D eigenvalue weighted by molar-refractivity contribution is 6.30. The van der Waals surface area contributed by atoms with Gasteiger partial charge in [0.2, 0.25) is 0 Å². The minimum Gasteiger partial charge on any atom is -0.355 e. The first-order valence-electron chi connectivity index (χ1n) is 8.15. The Morgan fingerprint density at radius 2 is 1.76 bits per heavy atom. The van der Waals surface area contributed by atoms with Crippen LogP contribution in [0.4, 0.5) is 11.6 Å². The third kappa shape index (κ3) is 3.25. The van der Waals surface area contributed by atoms with Gasteiger partial charge in [0.05, 0.1) is 16.1 Å². The molecule has 1 amide bonds. The number of rotatable bonds is 3. The van der Waals surface area contributed by atoms with Gasteiger partial charge in [0.15, 0.2) is 11.5 Å². The zero-order chi connectivity index (χ0) is 17.2. The van der Waals surface area contributed by atoms with Crippen LogP contribution in [0, 0.1) is 0 Å². The van der Waals surface area contributed by atoms with Crippen LogP contribution in [0.15, 0.2) is 42.6 Å². The summed E-state index contributed by atoms with van der Waals surface area (Å²) in [6.07, 6.45) is 3.67. The number of benzene rings is 1. The van der Waals surface area contributed by atoms with Gasteiger partial charge < -0.3 is 10.2 Å². The summed E-state index contributed by atoms with van der Waals surface area (Å²) in [5.74, 6) is 0.731. The van der Waals surface area contributed by atoms with Gasteiger partial charge in [-0.2, -0.15) is 0 Å². The molecule has 7 heteroatoms. The Bertz CT molecular complexity index is 922. The van der Waals surface area contributed by atoms with Crippen LogP contribution < -0.4 is 10.2 Å². The summed E-state index contributed by atoms with van der Waals surface area (Å²) in [7, 11) is 0. The summed E-state index contributed by atoms with van der Waals surface area (Å²) in [6.45, 7) is 1.76. The van der Waals surface area contributed by atoms with E-state index in [9.17, 15) is 4.79 Å². The van der Waals surface area contributed by atoms with Gasteiger partial charge in [-0.1, -0.05) is 23.7 Å². The standard InChI is InChI=1S/C18H16ClN5O/c19-12-7-8-15(20-11-12)23-18(25)16-17(24-9-3-4-10-24)22-14-6-2-1-5-13(14)21-16/h1-2,5-8,11H,3-4,9-10H2,(H,20,23,25). The first kappa shape index (κ1) is 15.8. The number of halogens is 1. The van der Waals surface area contributed by atoms with Crippen LogP contribution in [0.2, 0.25) is 5.02 Å². The number of nitrogens with one attached hydrogen (secondary N) is 1. The summed E-state index contributed by atoms with van der Waals surface area (Å²) in [4.78, 5) is 28.3. The number of carbonyl (C=O) groups is 1. The summed E-state index contributed by atoms with van der Waals surface area (Å²) < 4.78 is 0. The summed E-state index contributed by atoms with van der Waals surface area (Å²) >= 11 is 5.84. The molecule has 4 rings (SSSR count). The maximum absolute atomic E-state index is 12.8. The molecule has 1 saturated heterocycles. The van der Waals surface area contributed by atoms with Crippen LogP contribution in [0.25, 0.3) is 11.0 Å². The van der Waals surface area contributed by atoms with Crippen LogP contribution in [0.1, 0.15) is 23.3 Å². The molecule has 1 aliphatic rings. The monoisotopic (exact) mass is 353 g/mol. The number of nitrogens with zero attached hydrogens (tertiary/aromatic N) is 4. The fourth-order valence-electron chi connectivity index (χ4n) is 2.92. The molecule has 0 bridgehead atoms. The quantitative estimate of drug-likeness (QED) is 0.780. The number of amides is 1. The van der Waals surface area contributed by atoms with Crippen molar-refractivity contribution in [2.24, 2.45) is 0 Å². The van der Waals surface area contributed by atoms with Crippen molar-refractivity contribution in [1.82, 2.24) is 15.0 Å². The average molecular weight is 354 g/mol. The topological polar surface area (TPSA) is 71.0 Å².